The maximum absolute atomic E-state index is 6.05. The van der Waals surface area contributed by atoms with E-state index in [9.17, 15) is 0 Å². The fourth-order valence-corrected chi connectivity index (χ4v) is 3.21. The van der Waals surface area contributed by atoms with E-state index in [1.54, 1.807) is 0 Å². The molecule has 122 valence electrons. The highest BCUT2D eigenvalue weighted by Gasteiger charge is 2.31. The quantitative estimate of drug-likeness (QED) is 0.919. The van der Waals surface area contributed by atoms with Crippen molar-refractivity contribution in [2.24, 2.45) is 0 Å². The Balaban J connectivity index is 1.54. The number of aromatic nitrogens is 4. The van der Waals surface area contributed by atoms with Gasteiger partial charge >= 0.3 is 0 Å². The Kier molecular flexibility index (Phi) is 3.99. The molecule has 2 fully saturated rings. The summed E-state index contributed by atoms with van der Waals surface area (Å²) in [5.74, 6) is 3.44. The number of rotatable bonds is 5. The van der Waals surface area contributed by atoms with Crippen LogP contribution in [-0.2, 0) is 11.3 Å². The first-order chi connectivity index (χ1) is 11.3. The summed E-state index contributed by atoms with van der Waals surface area (Å²) in [5, 5.41) is 3.56. The van der Waals surface area contributed by atoms with Crippen LogP contribution in [0.15, 0.2) is 24.7 Å². The van der Waals surface area contributed by atoms with Crippen LogP contribution in [0, 0.1) is 0 Å². The van der Waals surface area contributed by atoms with Crippen LogP contribution in [0.3, 0.4) is 0 Å². The summed E-state index contributed by atoms with van der Waals surface area (Å²) < 4.78 is 8.20. The standard InChI is InChI=1S/C17H23N5O/c1-2-22-10-9-19-17(22)15-13(4-3-11-23-15)20-14-7-8-18-16(21-14)12-5-6-12/h7-10,12-13,15H,2-6,11H2,1H3,(H,18,20,21)/t13-,15-/m0/s1. The molecule has 1 aliphatic heterocycles. The minimum atomic E-state index is -0.0296. The lowest BCUT2D eigenvalue weighted by atomic mass is 10.0. The number of imidazole rings is 1. The van der Waals surface area contributed by atoms with E-state index >= 15 is 0 Å². The lowest BCUT2D eigenvalue weighted by Crippen LogP contribution is -2.35. The number of hydrogen-bond acceptors (Lipinski definition) is 5. The Bertz CT molecular complexity index is 667. The van der Waals surface area contributed by atoms with E-state index in [1.807, 2.05) is 24.7 Å². The Labute approximate surface area is 136 Å². The number of hydrogen-bond donors (Lipinski definition) is 1. The molecule has 0 amide bonds. The Hall–Kier alpha value is -1.95. The smallest absolute Gasteiger partial charge is 0.140 e. The van der Waals surface area contributed by atoms with Crippen LogP contribution in [0.1, 0.15) is 56.3 Å². The number of nitrogens with zero attached hydrogens (tertiary/aromatic N) is 4. The molecule has 23 heavy (non-hydrogen) atoms. The molecule has 6 heteroatoms. The van der Waals surface area contributed by atoms with Crippen molar-refractivity contribution in [3.8, 4) is 0 Å². The highest BCUT2D eigenvalue weighted by atomic mass is 16.5. The van der Waals surface area contributed by atoms with Gasteiger partial charge in [-0.25, -0.2) is 15.0 Å². The van der Waals surface area contributed by atoms with Crippen LogP contribution >= 0.6 is 0 Å². The molecule has 1 saturated heterocycles. The summed E-state index contributed by atoms with van der Waals surface area (Å²) in [4.78, 5) is 13.6. The SMILES string of the molecule is CCn1ccnc1[C@H]1OCCC[C@@H]1Nc1ccnc(C2CC2)n1. The number of nitrogens with one attached hydrogen (secondary N) is 1. The largest absolute Gasteiger partial charge is 0.368 e. The zero-order valence-corrected chi connectivity index (χ0v) is 13.5. The molecule has 0 bridgehead atoms. The van der Waals surface area contributed by atoms with Gasteiger partial charge in [-0.15, -0.1) is 0 Å². The zero-order chi connectivity index (χ0) is 15.6. The van der Waals surface area contributed by atoms with Crippen molar-refractivity contribution < 1.29 is 4.74 Å². The Morgan fingerprint density at radius 1 is 1.26 bits per heavy atom. The number of anilines is 1. The van der Waals surface area contributed by atoms with Crippen molar-refractivity contribution in [3.63, 3.8) is 0 Å². The highest BCUT2D eigenvalue weighted by molar-refractivity contribution is 5.36. The summed E-state index contributed by atoms with van der Waals surface area (Å²) in [5.41, 5.74) is 0. The van der Waals surface area contributed by atoms with Gasteiger partial charge in [0.25, 0.3) is 0 Å². The zero-order valence-electron chi connectivity index (χ0n) is 13.5. The second-order valence-corrected chi connectivity index (χ2v) is 6.33. The van der Waals surface area contributed by atoms with Crippen molar-refractivity contribution in [3.05, 3.63) is 36.3 Å². The van der Waals surface area contributed by atoms with Gasteiger partial charge in [0.15, 0.2) is 0 Å². The molecule has 4 rings (SSSR count). The third-order valence-electron chi connectivity index (χ3n) is 4.62. The summed E-state index contributed by atoms with van der Waals surface area (Å²) in [6, 6.07) is 2.14. The van der Waals surface area contributed by atoms with Crippen LogP contribution in [0.5, 0.6) is 0 Å². The van der Waals surface area contributed by atoms with E-state index in [1.165, 1.54) is 12.8 Å². The maximum atomic E-state index is 6.05. The summed E-state index contributed by atoms with van der Waals surface area (Å²) >= 11 is 0. The van der Waals surface area contributed by atoms with Crippen LogP contribution in [-0.4, -0.2) is 32.2 Å². The van der Waals surface area contributed by atoms with E-state index in [2.05, 4.69) is 31.8 Å². The van der Waals surface area contributed by atoms with Crippen LogP contribution in [0.25, 0.3) is 0 Å². The van der Waals surface area contributed by atoms with Gasteiger partial charge in [0.05, 0.1) is 6.04 Å². The van der Waals surface area contributed by atoms with E-state index in [0.717, 1.165) is 43.5 Å². The van der Waals surface area contributed by atoms with Crippen LogP contribution in [0.2, 0.25) is 0 Å². The van der Waals surface area contributed by atoms with Crippen molar-refractivity contribution in [2.45, 2.75) is 57.2 Å². The molecule has 0 spiro atoms. The average molecular weight is 313 g/mol. The lowest BCUT2D eigenvalue weighted by molar-refractivity contribution is -0.00178. The first-order valence-electron chi connectivity index (χ1n) is 8.57. The predicted octanol–water partition coefficient (Wildman–Crippen LogP) is 2.90. The first-order valence-corrected chi connectivity index (χ1v) is 8.57. The number of aryl methyl sites for hydroxylation is 1. The van der Waals surface area contributed by atoms with Gasteiger partial charge in [-0.3, -0.25) is 0 Å². The number of ether oxygens (including phenoxy) is 1. The Morgan fingerprint density at radius 3 is 3.00 bits per heavy atom. The topological polar surface area (TPSA) is 64.9 Å². The molecule has 2 aliphatic rings. The van der Waals surface area contributed by atoms with E-state index < -0.39 is 0 Å². The van der Waals surface area contributed by atoms with Crippen molar-refractivity contribution in [1.29, 1.82) is 0 Å². The molecular weight excluding hydrogens is 290 g/mol. The van der Waals surface area contributed by atoms with Crippen molar-refractivity contribution >= 4 is 5.82 Å². The molecule has 2 aromatic heterocycles. The Morgan fingerprint density at radius 2 is 2.17 bits per heavy atom. The van der Waals surface area contributed by atoms with Gasteiger partial charge in [0, 0.05) is 37.7 Å². The molecule has 0 unspecified atom stereocenters. The van der Waals surface area contributed by atoms with Gasteiger partial charge in [-0.2, -0.15) is 0 Å². The molecule has 3 heterocycles. The first kappa shape index (κ1) is 14.6. The fraction of sp³-hybridized carbons (Fsp3) is 0.588. The molecule has 2 aromatic rings. The summed E-state index contributed by atoms with van der Waals surface area (Å²) in [6.07, 6.45) is 10.2. The molecule has 1 saturated carbocycles. The van der Waals surface area contributed by atoms with E-state index in [-0.39, 0.29) is 12.1 Å². The van der Waals surface area contributed by atoms with Crippen molar-refractivity contribution in [1.82, 2.24) is 19.5 Å². The molecule has 0 aromatic carbocycles. The second kappa shape index (κ2) is 6.28. The van der Waals surface area contributed by atoms with Gasteiger partial charge in [-0.05, 0) is 38.7 Å². The second-order valence-electron chi connectivity index (χ2n) is 6.33. The molecule has 1 aliphatic carbocycles. The molecular formula is C17H23N5O. The predicted molar refractivity (Wildman–Crippen MR) is 87.2 cm³/mol. The van der Waals surface area contributed by atoms with E-state index in [0.29, 0.717) is 5.92 Å². The normalized spacial score (nSPS) is 24.6. The maximum Gasteiger partial charge on any atom is 0.140 e. The summed E-state index contributed by atoms with van der Waals surface area (Å²) in [6.45, 7) is 3.82. The van der Waals surface area contributed by atoms with Gasteiger partial charge in [-0.1, -0.05) is 0 Å². The van der Waals surface area contributed by atoms with Gasteiger partial charge in [0.2, 0.25) is 0 Å². The monoisotopic (exact) mass is 313 g/mol. The fourth-order valence-electron chi connectivity index (χ4n) is 3.21. The average Bonchev–Trinajstić information content (AvgIpc) is 3.33. The van der Waals surface area contributed by atoms with Gasteiger partial charge < -0.3 is 14.6 Å². The van der Waals surface area contributed by atoms with E-state index in [4.69, 9.17) is 4.74 Å². The molecule has 2 atom stereocenters. The molecule has 1 N–H and O–H groups in total. The van der Waals surface area contributed by atoms with Crippen LogP contribution < -0.4 is 5.32 Å². The minimum Gasteiger partial charge on any atom is -0.368 e. The minimum absolute atomic E-state index is 0.0296. The third-order valence-corrected chi connectivity index (χ3v) is 4.62. The van der Waals surface area contributed by atoms with Crippen molar-refractivity contribution in [2.75, 3.05) is 11.9 Å². The molecule has 0 radical (unpaired) electrons. The van der Waals surface area contributed by atoms with Gasteiger partial charge in [0.1, 0.15) is 23.6 Å². The van der Waals surface area contributed by atoms with Crippen LogP contribution in [0.4, 0.5) is 5.82 Å². The highest BCUT2D eigenvalue weighted by Crippen LogP contribution is 2.38. The lowest BCUT2D eigenvalue weighted by Gasteiger charge is -2.32. The summed E-state index contributed by atoms with van der Waals surface area (Å²) in [7, 11) is 0. The molecule has 6 nitrogen and oxygen atoms in total. The third kappa shape index (κ3) is 3.08.